The minimum absolute atomic E-state index is 0.146. The Morgan fingerprint density at radius 1 is 1.21 bits per heavy atom. The van der Waals surface area contributed by atoms with Gasteiger partial charge in [-0.2, -0.15) is 0 Å². The van der Waals surface area contributed by atoms with Crippen molar-refractivity contribution in [3.63, 3.8) is 0 Å². The maximum Gasteiger partial charge on any atom is 0.203 e. The minimum Gasteiger partial charge on any atom is -0.288 e. The maximum absolute atomic E-state index is 11.9. The molecule has 0 bridgehead atoms. The van der Waals surface area contributed by atoms with Crippen LogP contribution >= 0.6 is 22.7 Å². The van der Waals surface area contributed by atoms with Gasteiger partial charge in [0.2, 0.25) is 5.78 Å². The van der Waals surface area contributed by atoms with Crippen LogP contribution in [-0.4, -0.2) is 5.78 Å². The highest BCUT2D eigenvalue weighted by Gasteiger charge is 2.11. The van der Waals surface area contributed by atoms with Gasteiger partial charge in [0.05, 0.1) is 4.88 Å². The highest BCUT2D eigenvalue weighted by Crippen LogP contribution is 2.22. The number of carbonyl (C=O) groups excluding carboxylic acids is 1. The number of thiophene rings is 2. The second-order valence-electron chi connectivity index (χ2n) is 3.19. The van der Waals surface area contributed by atoms with Crippen LogP contribution in [0.5, 0.6) is 0 Å². The molecule has 0 atom stereocenters. The van der Waals surface area contributed by atoms with Crippen molar-refractivity contribution in [2.75, 3.05) is 0 Å². The Balaban J connectivity index is 2.33. The Bertz CT molecular complexity index is 423. The van der Waals surface area contributed by atoms with Gasteiger partial charge >= 0.3 is 0 Å². The second kappa shape index (κ2) is 3.67. The zero-order valence-electron chi connectivity index (χ0n) is 8.03. The highest BCUT2D eigenvalue weighted by molar-refractivity contribution is 7.14. The van der Waals surface area contributed by atoms with Gasteiger partial charge in [0.1, 0.15) is 0 Å². The van der Waals surface area contributed by atoms with Crippen molar-refractivity contribution in [2.45, 2.75) is 13.8 Å². The molecule has 2 aromatic rings. The lowest BCUT2D eigenvalue weighted by Crippen LogP contribution is -1.95. The Kier molecular flexibility index (Phi) is 2.52. The molecule has 0 aromatic carbocycles. The third-order valence-corrected chi connectivity index (χ3v) is 3.82. The molecule has 3 heteroatoms. The van der Waals surface area contributed by atoms with E-state index >= 15 is 0 Å². The number of aryl methyl sites for hydroxylation is 2. The molecule has 14 heavy (non-hydrogen) atoms. The molecule has 0 saturated heterocycles. The topological polar surface area (TPSA) is 17.1 Å². The van der Waals surface area contributed by atoms with E-state index in [2.05, 4.69) is 0 Å². The summed E-state index contributed by atoms with van der Waals surface area (Å²) in [5, 5.41) is 1.92. The van der Waals surface area contributed by atoms with Crippen LogP contribution in [0.4, 0.5) is 0 Å². The van der Waals surface area contributed by atoms with Gasteiger partial charge < -0.3 is 0 Å². The lowest BCUT2D eigenvalue weighted by atomic mass is 10.2. The van der Waals surface area contributed by atoms with E-state index in [0.717, 1.165) is 10.4 Å². The van der Waals surface area contributed by atoms with Crippen LogP contribution in [0.3, 0.4) is 0 Å². The van der Waals surface area contributed by atoms with Crippen LogP contribution in [0.15, 0.2) is 23.6 Å². The van der Waals surface area contributed by atoms with Crippen LogP contribution < -0.4 is 0 Å². The van der Waals surface area contributed by atoms with Crippen molar-refractivity contribution >= 4 is 28.5 Å². The number of hydrogen-bond donors (Lipinski definition) is 0. The fourth-order valence-corrected chi connectivity index (χ4v) is 2.77. The summed E-state index contributed by atoms with van der Waals surface area (Å²) in [4.78, 5) is 15.1. The van der Waals surface area contributed by atoms with Crippen molar-refractivity contribution < 1.29 is 4.79 Å². The number of ketones is 1. The van der Waals surface area contributed by atoms with Crippen LogP contribution in [0.25, 0.3) is 0 Å². The summed E-state index contributed by atoms with van der Waals surface area (Å²) in [5.41, 5.74) is 0.814. The van der Waals surface area contributed by atoms with Gasteiger partial charge in [0, 0.05) is 20.7 Å². The van der Waals surface area contributed by atoms with Gasteiger partial charge in [-0.05, 0) is 32.0 Å². The lowest BCUT2D eigenvalue weighted by Gasteiger charge is -1.91. The summed E-state index contributed by atoms with van der Waals surface area (Å²) in [6.45, 7) is 4.03. The molecule has 72 valence electrons. The van der Waals surface area contributed by atoms with Crippen LogP contribution in [-0.2, 0) is 0 Å². The second-order valence-corrected chi connectivity index (χ2v) is 5.59. The molecule has 0 saturated carbocycles. The molecular weight excluding hydrogens is 212 g/mol. The largest absolute Gasteiger partial charge is 0.288 e. The normalized spacial score (nSPS) is 10.4. The smallest absolute Gasteiger partial charge is 0.203 e. The van der Waals surface area contributed by atoms with Gasteiger partial charge in [-0.15, -0.1) is 22.7 Å². The monoisotopic (exact) mass is 222 g/mol. The van der Waals surface area contributed by atoms with E-state index in [0.29, 0.717) is 0 Å². The zero-order chi connectivity index (χ0) is 10.1. The van der Waals surface area contributed by atoms with Gasteiger partial charge in [-0.3, -0.25) is 4.79 Å². The summed E-state index contributed by atoms with van der Waals surface area (Å²) < 4.78 is 0. The minimum atomic E-state index is 0.146. The predicted molar refractivity (Wildman–Crippen MR) is 61.5 cm³/mol. The van der Waals surface area contributed by atoms with Gasteiger partial charge in [0.25, 0.3) is 0 Å². The fraction of sp³-hybridized carbons (Fsp3) is 0.182. The Hall–Kier alpha value is -0.930. The maximum atomic E-state index is 11.9. The molecule has 0 aliphatic carbocycles. The standard InChI is InChI=1S/C11H10OS2/c1-7-3-4-10(14-7)11(12)9-5-8(2)13-6-9/h3-6H,1-2H3. The van der Waals surface area contributed by atoms with Crippen LogP contribution in [0.1, 0.15) is 25.0 Å². The Morgan fingerprint density at radius 3 is 2.50 bits per heavy atom. The number of hydrogen-bond acceptors (Lipinski definition) is 3. The molecule has 2 rings (SSSR count). The van der Waals surface area contributed by atoms with E-state index in [-0.39, 0.29) is 5.78 Å². The molecule has 0 amide bonds. The van der Waals surface area contributed by atoms with Crippen molar-refractivity contribution in [1.29, 1.82) is 0 Å². The number of rotatable bonds is 2. The van der Waals surface area contributed by atoms with Crippen molar-refractivity contribution in [3.05, 3.63) is 43.8 Å². The van der Waals surface area contributed by atoms with Crippen molar-refractivity contribution in [1.82, 2.24) is 0 Å². The third-order valence-electron chi connectivity index (χ3n) is 1.96. The summed E-state index contributed by atoms with van der Waals surface area (Å²) >= 11 is 3.17. The van der Waals surface area contributed by atoms with E-state index in [1.165, 1.54) is 9.75 Å². The molecule has 1 nitrogen and oxygen atoms in total. The van der Waals surface area contributed by atoms with Crippen LogP contribution in [0.2, 0.25) is 0 Å². The van der Waals surface area contributed by atoms with E-state index in [9.17, 15) is 4.79 Å². The first kappa shape index (κ1) is 9.62. The molecule has 0 aliphatic heterocycles. The lowest BCUT2D eigenvalue weighted by molar-refractivity contribution is 0.104. The van der Waals surface area contributed by atoms with E-state index in [1.807, 2.05) is 37.4 Å². The molecule has 0 N–H and O–H groups in total. The third kappa shape index (κ3) is 1.79. The molecule has 2 heterocycles. The molecule has 0 unspecified atom stereocenters. The molecule has 0 radical (unpaired) electrons. The first-order chi connectivity index (χ1) is 6.66. The van der Waals surface area contributed by atoms with Gasteiger partial charge in [0.15, 0.2) is 0 Å². The molecular formula is C11H10OS2. The van der Waals surface area contributed by atoms with Gasteiger partial charge in [-0.25, -0.2) is 0 Å². The highest BCUT2D eigenvalue weighted by atomic mass is 32.1. The quantitative estimate of drug-likeness (QED) is 0.709. The van der Waals surface area contributed by atoms with E-state index < -0.39 is 0 Å². The number of carbonyl (C=O) groups is 1. The summed E-state index contributed by atoms with van der Waals surface area (Å²) in [7, 11) is 0. The summed E-state index contributed by atoms with van der Waals surface area (Å²) in [6, 6.07) is 5.83. The predicted octanol–water partition coefficient (Wildman–Crippen LogP) is 3.66. The van der Waals surface area contributed by atoms with Crippen LogP contribution in [0, 0.1) is 13.8 Å². The molecule has 0 aliphatic rings. The Morgan fingerprint density at radius 2 is 2.00 bits per heavy atom. The average molecular weight is 222 g/mol. The SMILES string of the molecule is Cc1cc(C(=O)c2ccc(C)s2)cs1. The summed E-state index contributed by atoms with van der Waals surface area (Å²) in [6.07, 6.45) is 0. The Labute approximate surface area is 91.0 Å². The van der Waals surface area contributed by atoms with Gasteiger partial charge in [-0.1, -0.05) is 0 Å². The van der Waals surface area contributed by atoms with E-state index in [4.69, 9.17) is 0 Å². The molecule has 0 spiro atoms. The first-order valence-electron chi connectivity index (χ1n) is 4.33. The zero-order valence-corrected chi connectivity index (χ0v) is 9.67. The van der Waals surface area contributed by atoms with E-state index in [1.54, 1.807) is 22.7 Å². The molecule has 0 fully saturated rings. The summed E-state index contributed by atoms with van der Waals surface area (Å²) in [5.74, 6) is 0.146. The van der Waals surface area contributed by atoms with Crippen molar-refractivity contribution in [3.8, 4) is 0 Å². The molecule has 2 aromatic heterocycles. The van der Waals surface area contributed by atoms with Crippen molar-refractivity contribution in [2.24, 2.45) is 0 Å². The first-order valence-corrected chi connectivity index (χ1v) is 6.03. The fourth-order valence-electron chi connectivity index (χ4n) is 1.26. The average Bonchev–Trinajstić information content (AvgIpc) is 2.73.